The lowest BCUT2D eigenvalue weighted by molar-refractivity contribution is -0.143. The first-order valence-electron chi connectivity index (χ1n) is 11.4. The van der Waals surface area contributed by atoms with E-state index in [0.717, 1.165) is 18.2 Å². The molecule has 1 atom stereocenters. The van der Waals surface area contributed by atoms with Crippen LogP contribution in [0.3, 0.4) is 0 Å². The maximum Gasteiger partial charge on any atom is 0.419 e. The Balaban J connectivity index is 1.75. The number of hydrogen-bond donors (Lipinski definition) is 1. The molecule has 4 rings (SSSR count). The van der Waals surface area contributed by atoms with Gasteiger partial charge < -0.3 is 9.64 Å². The van der Waals surface area contributed by atoms with E-state index in [2.05, 4.69) is 0 Å². The van der Waals surface area contributed by atoms with Gasteiger partial charge in [-0.25, -0.2) is 8.42 Å². The number of sulfonamides is 1. The maximum atomic E-state index is 13.6. The van der Waals surface area contributed by atoms with Gasteiger partial charge in [-0.1, -0.05) is 11.6 Å². The van der Waals surface area contributed by atoms with Gasteiger partial charge in [0.25, 0.3) is 10.0 Å². The highest BCUT2D eigenvalue weighted by Gasteiger charge is 2.39. The molecule has 0 aliphatic carbocycles. The number of anilines is 1. The van der Waals surface area contributed by atoms with Crippen molar-refractivity contribution in [2.45, 2.75) is 35.3 Å². The largest absolute Gasteiger partial charge is 0.488 e. The summed E-state index contributed by atoms with van der Waals surface area (Å²) in [5, 5.41) is 0. The Kier molecular flexibility index (Phi) is 8.28. The quantitative estimate of drug-likeness (QED) is 0.274. The molecule has 0 amide bonds. The molecule has 17 heteroatoms. The SMILES string of the molecule is CN1CC[C@@H](Oc2cc(NS(=O)(=O)c3sc(Cl)cc3-c3cc(C(F)(F)F)cc(C(F)(F)F)c3)ccc2C(F)(F)F)C1. The first-order valence-corrected chi connectivity index (χ1v) is 14.1. The number of nitrogens with zero attached hydrogens (tertiary/aromatic N) is 1. The zero-order valence-electron chi connectivity index (χ0n) is 20.5. The number of benzene rings is 2. The molecule has 0 bridgehead atoms. The summed E-state index contributed by atoms with van der Waals surface area (Å²) in [5.74, 6) is -0.657. The Morgan fingerprint density at radius 2 is 1.54 bits per heavy atom. The minimum absolute atomic E-state index is 0.115. The molecule has 2 heterocycles. The zero-order chi connectivity index (χ0) is 30.5. The molecule has 5 nitrogen and oxygen atoms in total. The third-order valence-electron chi connectivity index (χ3n) is 5.99. The summed E-state index contributed by atoms with van der Waals surface area (Å²) < 4.78 is 154. The molecule has 0 radical (unpaired) electrons. The average Bonchev–Trinajstić information content (AvgIpc) is 3.42. The van der Waals surface area contributed by atoms with Crippen LogP contribution in [-0.2, 0) is 28.6 Å². The van der Waals surface area contributed by atoms with Crippen LogP contribution < -0.4 is 9.46 Å². The first-order chi connectivity index (χ1) is 18.7. The molecule has 0 saturated carbocycles. The fraction of sp³-hybridized carbons (Fsp3) is 0.333. The lowest BCUT2D eigenvalue weighted by atomic mass is 10.0. The van der Waals surface area contributed by atoms with Gasteiger partial charge in [0.2, 0.25) is 0 Å². The van der Waals surface area contributed by atoms with Crippen LogP contribution >= 0.6 is 22.9 Å². The topological polar surface area (TPSA) is 58.6 Å². The lowest BCUT2D eigenvalue weighted by Crippen LogP contribution is -2.23. The monoisotopic (exact) mass is 652 g/mol. The Labute approximate surface area is 236 Å². The van der Waals surface area contributed by atoms with Crippen LogP contribution in [0.1, 0.15) is 23.1 Å². The highest BCUT2D eigenvalue weighted by atomic mass is 35.5. The smallest absolute Gasteiger partial charge is 0.419 e. The maximum absolute atomic E-state index is 13.6. The van der Waals surface area contributed by atoms with Crippen LogP contribution in [-0.4, -0.2) is 39.6 Å². The fourth-order valence-corrected chi connectivity index (χ4v) is 7.09. The number of nitrogens with one attached hydrogen (secondary N) is 1. The van der Waals surface area contributed by atoms with E-state index in [1.54, 1.807) is 7.05 Å². The van der Waals surface area contributed by atoms with Crippen molar-refractivity contribution in [3.63, 3.8) is 0 Å². The Morgan fingerprint density at radius 1 is 0.927 bits per heavy atom. The van der Waals surface area contributed by atoms with Crippen molar-refractivity contribution in [2.75, 3.05) is 24.9 Å². The van der Waals surface area contributed by atoms with Gasteiger partial charge in [0.1, 0.15) is 16.1 Å². The van der Waals surface area contributed by atoms with Crippen LogP contribution in [0.25, 0.3) is 11.1 Å². The molecule has 1 aromatic heterocycles. The number of halogens is 10. The van der Waals surface area contributed by atoms with E-state index >= 15 is 0 Å². The summed E-state index contributed by atoms with van der Waals surface area (Å²) in [4.78, 5) is 1.82. The molecule has 1 fully saturated rings. The van der Waals surface area contributed by atoms with E-state index in [9.17, 15) is 47.9 Å². The number of likely N-dealkylation sites (tertiary alicyclic amines) is 1. The molecule has 1 aliphatic rings. The van der Waals surface area contributed by atoms with Crippen molar-refractivity contribution in [1.29, 1.82) is 0 Å². The molecule has 0 unspecified atom stereocenters. The van der Waals surface area contributed by atoms with Gasteiger partial charge in [0, 0.05) is 24.7 Å². The number of thiophene rings is 1. The second kappa shape index (κ2) is 10.9. The molecule has 1 N–H and O–H groups in total. The van der Waals surface area contributed by atoms with Crippen molar-refractivity contribution in [2.24, 2.45) is 0 Å². The molecule has 1 aliphatic heterocycles. The van der Waals surface area contributed by atoms with E-state index in [1.165, 1.54) is 0 Å². The Bertz CT molecular complexity index is 1520. The normalized spacial score (nSPS) is 17.2. The van der Waals surface area contributed by atoms with Crippen molar-refractivity contribution < 1.29 is 52.7 Å². The molecule has 0 spiro atoms. The van der Waals surface area contributed by atoms with Crippen LogP contribution in [0.5, 0.6) is 5.75 Å². The van der Waals surface area contributed by atoms with E-state index in [4.69, 9.17) is 16.3 Å². The molecular formula is C24H18ClF9N2O3S2. The van der Waals surface area contributed by atoms with E-state index in [1.807, 2.05) is 9.62 Å². The second-order valence-corrected chi connectivity index (χ2v) is 12.7. The zero-order valence-corrected chi connectivity index (χ0v) is 22.9. The predicted molar refractivity (Wildman–Crippen MR) is 134 cm³/mol. The minimum Gasteiger partial charge on any atom is -0.488 e. The first kappa shape index (κ1) is 31.3. The second-order valence-electron chi connectivity index (χ2n) is 9.15. The number of rotatable bonds is 6. The minimum atomic E-state index is -5.20. The van der Waals surface area contributed by atoms with Gasteiger partial charge in [0.15, 0.2) is 0 Å². The van der Waals surface area contributed by atoms with Crippen LogP contribution in [0.2, 0.25) is 4.34 Å². The van der Waals surface area contributed by atoms with Gasteiger partial charge in [-0.3, -0.25) is 4.72 Å². The summed E-state index contributed by atoms with van der Waals surface area (Å²) >= 11 is 6.26. The summed E-state index contributed by atoms with van der Waals surface area (Å²) in [5.41, 5.74) is -6.22. The van der Waals surface area contributed by atoms with E-state index in [-0.39, 0.29) is 10.4 Å². The van der Waals surface area contributed by atoms with Gasteiger partial charge in [0.05, 0.1) is 26.7 Å². The molecule has 1 saturated heterocycles. The van der Waals surface area contributed by atoms with E-state index in [0.29, 0.717) is 49.0 Å². The van der Waals surface area contributed by atoms with Crippen molar-refractivity contribution >= 4 is 38.6 Å². The number of ether oxygens (including phenoxy) is 1. The van der Waals surface area contributed by atoms with Gasteiger partial charge in [-0.05, 0) is 55.4 Å². The summed E-state index contributed by atoms with van der Waals surface area (Å²) in [6.07, 6.45) is -15.4. The predicted octanol–water partition coefficient (Wildman–Crippen LogP) is 8.01. The molecule has 3 aromatic rings. The Hall–Kier alpha value is -2.69. The Morgan fingerprint density at radius 3 is 2.05 bits per heavy atom. The van der Waals surface area contributed by atoms with Crippen LogP contribution in [0, 0.1) is 0 Å². The average molecular weight is 653 g/mol. The summed E-state index contributed by atoms with van der Waals surface area (Å²) in [6.45, 7) is 0.882. The van der Waals surface area contributed by atoms with Crippen LogP contribution in [0.15, 0.2) is 46.7 Å². The summed E-state index contributed by atoms with van der Waals surface area (Å²) in [6, 6.07) is 3.65. The van der Waals surface area contributed by atoms with E-state index < -0.39 is 78.1 Å². The third-order valence-corrected chi connectivity index (χ3v) is 9.17. The van der Waals surface area contributed by atoms with Crippen molar-refractivity contribution in [1.82, 2.24) is 4.90 Å². The lowest BCUT2D eigenvalue weighted by Gasteiger charge is -2.19. The summed E-state index contributed by atoms with van der Waals surface area (Å²) in [7, 11) is -3.05. The molecule has 41 heavy (non-hydrogen) atoms. The standard InChI is InChI=1S/C24H18ClF9N2O3S2/c1-36-5-4-16(11-36)39-19-9-15(2-3-18(19)24(32,33)34)35-41(37,38)21-17(10-20(25)40-21)12-6-13(22(26,27)28)8-14(7-12)23(29,30)31/h2-3,6-10,16,35H,4-5,11H2,1H3/t16-/m1/s1. The molecule has 2 aromatic carbocycles. The number of hydrogen-bond acceptors (Lipinski definition) is 5. The number of alkyl halides is 9. The van der Waals surface area contributed by atoms with Gasteiger partial charge in [-0.2, -0.15) is 39.5 Å². The van der Waals surface area contributed by atoms with Crippen molar-refractivity contribution in [3.8, 4) is 16.9 Å². The van der Waals surface area contributed by atoms with Crippen molar-refractivity contribution in [3.05, 3.63) is 63.5 Å². The fourth-order valence-electron chi connectivity index (χ4n) is 4.15. The third kappa shape index (κ3) is 7.21. The molecular weight excluding hydrogens is 635 g/mol. The van der Waals surface area contributed by atoms with Crippen LogP contribution in [0.4, 0.5) is 45.2 Å². The van der Waals surface area contributed by atoms with Gasteiger partial charge in [-0.15, -0.1) is 11.3 Å². The molecule has 224 valence electrons. The highest BCUT2D eigenvalue weighted by Crippen LogP contribution is 2.44. The number of likely N-dealkylation sites (N-methyl/N-ethyl adjacent to an activating group) is 1. The highest BCUT2D eigenvalue weighted by molar-refractivity contribution is 7.94. The van der Waals surface area contributed by atoms with Gasteiger partial charge >= 0.3 is 18.5 Å².